The molecule has 2 amide bonds. The Morgan fingerprint density at radius 1 is 1.12 bits per heavy atom. The van der Waals surface area contributed by atoms with Gasteiger partial charge in [-0.1, -0.05) is 48.0 Å². The SMILES string of the molecule is Cc1ccc(-c2nn(-c3ccccc3)cc2/C=N\NC(=O)C(N)=O)cc1. The van der Waals surface area contributed by atoms with Crippen molar-refractivity contribution >= 4 is 18.0 Å². The minimum absolute atomic E-state index is 0.683. The number of rotatable bonds is 4. The number of nitrogens with one attached hydrogen (secondary N) is 1. The molecule has 0 radical (unpaired) electrons. The summed E-state index contributed by atoms with van der Waals surface area (Å²) in [6, 6.07) is 17.5. The first-order valence-corrected chi connectivity index (χ1v) is 7.89. The Bertz CT molecular complexity index is 959. The number of carbonyl (C=O) groups is 2. The molecule has 0 saturated heterocycles. The third kappa shape index (κ3) is 3.84. The number of carbonyl (C=O) groups excluding carboxylic acids is 2. The number of hydrogen-bond donors (Lipinski definition) is 2. The molecule has 2 aromatic carbocycles. The number of benzene rings is 2. The maximum Gasteiger partial charge on any atom is 0.329 e. The Labute approximate surface area is 150 Å². The van der Waals surface area contributed by atoms with Gasteiger partial charge in [-0.25, -0.2) is 10.1 Å². The summed E-state index contributed by atoms with van der Waals surface area (Å²) in [5, 5.41) is 8.43. The van der Waals surface area contributed by atoms with Gasteiger partial charge in [0.05, 0.1) is 11.9 Å². The Kier molecular flexibility index (Phi) is 4.89. The normalized spacial score (nSPS) is 10.8. The molecular weight excluding hydrogens is 330 g/mol. The maximum absolute atomic E-state index is 11.2. The Morgan fingerprint density at radius 2 is 1.81 bits per heavy atom. The average molecular weight is 347 g/mol. The second kappa shape index (κ2) is 7.43. The van der Waals surface area contributed by atoms with Gasteiger partial charge in [0, 0.05) is 17.3 Å². The predicted molar refractivity (Wildman–Crippen MR) is 98.7 cm³/mol. The molecule has 1 aromatic heterocycles. The van der Waals surface area contributed by atoms with E-state index in [0.29, 0.717) is 11.3 Å². The standard InChI is InChI=1S/C19H17N5O2/c1-13-7-9-14(10-8-13)17-15(11-21-22-19(26)18(20)25)12-24(23-17)16-5-3-2-4-6-16/h2-12H,1H3,(H2,20,25)(H,22,26)/b21-11-. The van der Waals surface area contributed by atoms with Crippen LogP contribution in [0.15, 0.2) is 65.9 Å². The molecule has 1 heterocycles. The van der Waals surface area contributed by atoms with Crippen molar-refractivity contribution in [2.24, 2.45) is 10.8 Å². The van der Waals surface area contributed by atoms with Crippen LogP contribution in [0.3, 0.4) is 0 Å². The number of nitrogens with two attached hydrogens (primary N) is 1. The van der Waals surface area contributed by atoms with Gasteiger partial charge in [-0.2, -0.15) is 10.2 Å². The third-order valence-electron chi connectivity index (χ3n) is 3.68. The molecular formula is C19H17N5O2. The van der Waals surface area contributed by atoms with E-state index in [1.165, 1.54) is 6.21 Å². The number of hydrazone groups is 1. The zero-order chi connectivity index (χ0) is 18.5. The molecule has 130 valence electrons. The van der Waals surface area contributed by atoms with Gasteiger partial charge in [0.1, 0.15) is 5.69 Å². The first kappa shape index (κ1) is 17.1. The van der Waals surface area contributed by atoms with E-state index in [9.17, 15) is 9.59 Å². The molecule has 0 spiro atoms. The van der Waals surface area contributed by atoms with Crippen molar-refractivity contribution in [3.8, 4) is 16.9 Å². The van der Waals surface area contributed by atoms with Crippen LogP contribution in [0.1, 0.15) is 11.1 Å². The minimum Gasteiger partial charge on any atom is -0.361 e. The lowest BCUT2D eigenvalue weighted by molar-refractivity contribution is -0.137. The first-order valence-electron chi connectivity index (χ1n) is 7.89. The van der Waals surface area contributed by atoms with E-state index in [-0.39, 0.29) is 0 Å². The lowest BCUT2D eigenvalue weighted by Gasteiger charge is -2.01. The van der Waals surface area contributed by atoms with Crippen LogP contribution in [0, 0.1) is 6.92 Å². The number of amides is 2. The smallest absolute Gasteiger partial charge is 0.329 e. The molecule has 26 heavy (non-hydrogen) atoms. The van der Waals surface area contributed by atoms with Crippen LogP contribution >= 0.6 is 0 Å². The third-order valence-corrected chi connectivity index (χ3v) is 3.68. The molecule has 7 nitrogen and oxygen atoms in total. The fourth-order valence-corrected chi connectivity index (χ4v) is 2.35. The summed E-state index contributed by atoms with van der Waals surface area (Å²) < 4.78 is 1.73. The van der Waals surface area contributed by atoms with E-state index in [1.807, 2.05) is 61.5 Å². The number of aromatic nitrogens is 2. The quantitative estimate of drug-likeness (QED) is 0.427. The topological polar surface area (TPSA) is 102 Å². The van der Waals surface area contributed by atoms with E-state index in [1.54, 1.807) is 10.9 Å². The number of nitrogens with zero attached hydrogens (tertiary/aromatic N) is 3. The van der Waals surface area contributed by atoms with Gasteiger partial charge < -0.3 is 5.73 Å². The summed E-state index contributed by atoms with van der Waals surface area (Å²) in [7, 11) is 0. The molecule has 0 saturated carbocycles. The van der Waals surface area contributed by atoms with E-state index in [2.05, 4.69) is 15.6 Å². The second-order valence-electron chi connectivity index (χ2n) is 5.64. The monoisotopic (exact) mass is 347 g/mol. The predicted octanol–water partition coefficient (Wildman–Crippen LogP) is 1.78. The van der Waals surface area contributed by atoms with Gasteiger partial charge in [-0.3, -0.25) is 9.59 Å². The summed E-state index contributed by atoms with van der Waals surface area (Å²) in [5.41, 5.74) is 11.3. The molecule has 0 unspecified atom stereocenters. The van der Waals surface area contributed by atoms with Crippen LogP contribution in [-0.4, -0.2) is 27.8 Å². The van der Waals surface area contributed by atoms with Crippen LogP contribution in [0.4, 0.5) is 0 Å². The van der Waals surface area contributed by atoms with Crippen LogP contribution in [-0.2, 0) is 9.59 Å². The molecule has 0 fully saturated rings. The molecule has 3 N–H and O–H groups in total. The highest BCUT2D eigenvalue weighted by Gasteiger charge is 2.12. The highest BCUT2D eigenvalue weighted by atomic mass is 16.2. The summed E-state index contributed by atoms with van der Waals surface area (Å²) >= 11 is 0. The van der Waals surface area contributed by atoms with Gasteiger partial charge in [-0.05, 0) is 19.1 Å². The molecule has 0 aliphatic carbocycles. The molecule has 0 atom stereocenters. The number of primary amides is 1. The zero-order valence-electron chi connectivity index (χ0n) is 14.1. The number of para-hydroxylation sites is 1. The highest BCUT2D eigenvalue weighted by Crippen LogP contribution is 2.23. The Morgan fingerprint density at radius 3 is 2.46 bits per heavy atom. The van der Waals surface area contributed by atoms with E-state index >= 15 is 0 Å². The highest BCUT2D eigenvalue weighted by molar-refractivity contribution is 6.34. The van der Waals surface area contributed by atoms with Gasteiger partial charge in [0.25, 0.3) is 0 Å². The average Bonchev–Trinajstić information content (AvgIpc) is 3.07. The molecule has 3 rings (SSSR count). The fraction of sp³-hybridized carbons (Fsp3) is 0.0526. The lowest BCUT2D eigenvalue weighted by Crippen LogP contribution is -2.32. The molecule has 0 aliphatic rings. The van der Waals surface area contributed by atoms with Crippen molar-refractivity contribution in [3.05, 3.63) is 71.9 Å². The largest absolute Gasteiger partial charge is 0.361 e. The maximum atomic E-state index is 11.2. The van der Waals surface area contributed by atoms with Crippen molar-refractivity contribution in [2.75, 3.05) is 0 Å². The van der Waals surface area contributed by atoms with Crippen molar-refractivity contribution in [1.29, 1.82) is 0 Å². The van der Waals surface area contributed by atoms with E-state index in [4.69, 9.17) is 5.73 Å². The summed E-state index contributed by atoms with van der Waals surface area (Å²) in [6.45, 7) is 2.01. The van der Waals surface area contributed by atoms with Gasteiger partial charge in [-0.15, -0.1) is 0 Å². The Balaban J connectivity index is 1.99. The minimum atomic E-state index is -1.10. The Hall–Kier alpha value is -3.74. The first-order chi connectivity index (χ1) is 12.5. The van der Waals surface area contributed by atoms with Gasteiger partial charge >= 0.3 is 11.8 Å². The number of hydrogen-bond acceptors (Lipinski definition) is 4. The van der Waals surface area contributed by atoms with E-state index in [0.717, 1.165) is 16.8 Å². The zero-order valence-corrected chi connectivity index (χ0v) is 14.1. The summed E-state index contributed by atoms with van der Waals surface area (Å²) in [5.74, 6) is -2.07. The van der Waals surface area contributed by atoms with Gasteiger partial charge in [0.2, 0.25) is 0 Å². The van der Waals surface area contributed by atoms with Crippen LogP contribution < -0.4 is 11.2 Å². The molecule has 0 aliphatic heterocycles. The second-order valence-corrected chi connectivity index (χ2v) is 5.64. The molecule has 7 heteroatoms. The van der Waals surface area contributed by atoms with Crippen LogP contribution in [0.2, 0.25) is 0 Å². The fourth-order valence-electron chi connectivity index (χ4n) is 2.35. The van der Waals surface area contributed by atoms with Crippen molar-refractivity contribution in [3.63, 3.8) is 0 Å². The summed E-state index contributed by atoms with van der Waals surface area (Å²) in [4.78, 5) is 22.0. The van der Waals surface area contributed by atoms with Crippen LogP contribution in [0.25, 0.3) is 16.9 Å². The van der Waals surface area contributed by atoms with E-state index < -0.39 is 11.8 Å². The molecule has 0 bridgehead atoms. The molecule has 3 aromatic rings. The van der Waals surface area contributed by atoms with Crippen molar-refractivity contribution < 1.29 is 9.59 Å². The van der Waals surface area contributed by atoms with Crippen LogP contribution in [0.5, 0.6) is 0 Å². The number of aryl methyl sites for hydroxylation is 1. The van der Waals surface area contributed by atoms with Gasteiger partial charge in [0.15, 0.2) is 0 Å². The van der Waals surface area contributed by atoms with Crippen molar-refractivity contribution in [2.45, 2.75) is 6.92 Å². The van der Waals surface area contributed by atoms with Crippen molar-refractivity contribution in [1.82, 2.24) is 15.2 Å². The lowest BCUT2D eigenvalue weighted by atomic mass is 10.1. The summed E-state index contributed by atoms with van der Waals surface area (Å²) in [6.07, 6.45) is 3.23.